The van der Waals surface area contributed by atoms with Crippen molar-refractivity contribution in [3.05, 3.63) is 83.4 Å². The van der Waals surface area contributed by atoms with Gasteiger partial charge in [-0.25, -0.2) is 13.4 Å². The summed E-state index contributed by atoms with van der Waals surface area (Å²) in [5.41, 5.74) is 14.8. The number of fused-ring (bicyclic) bond motifs is 1. The Morgan fingerprint density at radius 1 is 1.05 bits per heavy atom. The van der Waals surface area contributed by atoms with E-state index in [0.29, 0.717) is 33.0 Å². The molecule has 9 nitrogen and oxygen atoms in total. The van der Waals surface area contributed by atoms with Crippen molar-refractivity contribution in [1.29, 1.82) is 0 Å². The Kier molecular flexibility index (Phi) is 9.09. The number of carbonyl (C=O) groups excluding carboxylic acids is 1. The standard InChI is InChI=1S/C29H35N5O4S2/c1-18(2)16-34(40(37,38)22-11-12-24-27(15-22)39-29(31)33-24)17-26(35)25(13-20-7-5-4-6-8-20)32-28(36)23-14-21(30)10-9-19(23)3/h4-12,14-15,18,25-26,35H,13,16-17,30H2,1-3H3,(H2,31,33)(H,32,36)/t25-,26+/m0/s1. The number of nitrogens with zero attached hydrogens (tertiary/aromatic N) is 2. The van der Waals surface area contributed by atoms with Crippen molar-refractivity contribution in [2.75, 3.05) is 24.6 Å². The molecule has 4 aromatic rings. The van der Waals surface area contributed by atoms with E-state index >= 15 is 0 Å². The molecule has 212 valence electrons. The Hall–Kier alpha value is -3.51. The molecule has 0 spiro atoms. The van der Waals surface area contributed by atoms with Gasteiger partial charge in [0.1, 0.15) is 0 Å². The number of thiazole rings is 1. The molecule has 40 heavy (non-hydrogen) atoms. The number of nitrogens with one attached hydrogen (secondary N) is 1. The van der Waals surface area contributed by atoms with Crippen molar-refractivity contribution in [2.24, 2.45) is 5.92 Å². The molecule has 11 heteroatoms. The number of rotatable bonds is 11. The van der Waals surface area contributed by atoms with Crippen LogP contribution < -0.4 is 16.8 Å². The molecule has 0 saturated heterocycles. The van der Waals surface area contributed by atoms with Crippen LogP contribution in [0.15, 0.2) is 71.6 Å². The maximum Gasteiger partial charge on any atom is 0.251 e. The van der Waals surface area contributed by atoms with E-state index < -0.39 is 28.1 Å². The molecule has 3 aromatic carbocycles. The lowest BCUT2D eigenvalue weighted by molar-refractivity contribution is 0.0775. The van der Waals surface area contributed by atoms with Gasteiger partial charge in [0, 0.05) is 24.3 Å². The third kappa shape index (κ3) is 6.97. The number of carbonyl (C=O) groups is 1. The van der Waals surface area contributed by atoms with Crippen LogP contribution in [-0.2, 0) is 16.4 Å². The molecule has 1 aromatic heterocycles. The summed E-state index contributed by atoms with van der Waals surface area (Å²) < 4.78 is 29.6. The van der Waals surface area contributed by atoms with Gasteiger partial charge in [0.15, 0.2) is 5.13 Å². The molecule has 0 radical (unpaired) electrons. The van der Waals surface area contributed by atoms with Crippen LogP contribution in [0.2, 0.25) is 0 Å². The maximum atomic E-state index is 13.8. The number of sulfonamides is 1. The van der Waals surface area contributed by atoms with Crippen molar-refractivity contribution in [3.63, 3.8) is 0 Å². The van der Waals surface area contributed by atoms with Crippen LogP contribution in [0.1, 0.15) is 35.3 Å². The molecule has 2 atom stereocenters. The Labute approximate surface area is 238 Å². The van der Waals surface area contributed by atoms with Gasteiger partial charge in [0.2, 0.25) is 10.0 Å². The second kappa shape index (κ2) is 12.3. The minimum Gasteiger partial charge on any atom is -0.399 e. The van der Waals surface area contributed by atoms with Gasteiger partial charge in [-0.05, 0) is 60.7 Å². The molecular formula is C29H35N5O4S2. The van der Waals surface area contributed by atoms with Gasteiger partial charge in [0.05, 0.1) is 27.3 Å². The molecule has 4 rings (SSSR count). The average molecular weight is 582 g/mol. The van der Waals surface area contributed by atoms with Crippen molar-refractivity contribution in [1.82, 2.24) is 14.6 Å². The second-order valence-corrected chi connectivity index (χ2v) is 13.3. The number of amides is 1. The fourth-order valence-corrected chi connectivity index (χ4v) is 7.02. The summed E-state index contributed by atoms with van der Waals surface area (Å²) in [5, 5.41) is 14.8. The zero-order valence-corrected chi connectivity index (χ0v) is 24.4. The number of aliphatic hydroxyl groups excluding tert-OH is 1. The van der Waals surface area contributed by atoms with E-state index in [2.05, 4.69) is 10.3 Å². The first-order valence-electron chi connectivity index (χ1n) is 13.0. The van der Waals surface area contributed by atoms with Gasteiger partial charge in [-0.1, -0.05) is 61.6 Å². The van der Waals surface area contributed by atoms with Crippen LogP contribution in [0.25, 0.3) is 10.2 Å². The molecular weight excluding hydrogens is 546 g/mol. The summed E-state index contributed by atoms with van der Waals surface area (Å²) in [6.45, 7) is 5.60. The first-order chi connectivity index (χ1) is 18.9. The van der Waals surface area contributed by atoms with E-state index in [9.17, 15) is 18.3 Å². The van der Waals surface area contributed by atoms with Crippen LogP contribution in [0.3, 0.4) is 0 Å². The molecule has 0 unspecified atom stereocenters. The number of aryl methyl sites for hydroxylation is 1. The zero-order chi connectivity index (χ0) is 29.0. The van der Waals surface area contributed by atoms with Gasteiger partial charge < -0.3 is 21.9 Å². The largest absolute Gasteiger partial charge is 0.399 e. The molecule has 0 bridgehead atoms. The number of nitrogens with two attached hydrogens (primary N) is 2. The Bertz CT molecular complexity index is 1590. The average Bonchev–Trinajstić information content (AvgIpc) is 3.28. The minimum atomic E-state index is -3.99. The highest BCUT2D eigenvalue weighted by atomic mass is 32.2. The van der Waals surface area contributed by atoms with Gasteiger partial charge in [0.25, 0.3) is 5.91 Å². The molecule has 0 aliphatic rings. The Morgan fingerprint density at radius 2 is 1.77 bits per heavy atom. The molecule has 0 fully saturated rings. The van der Waals surface area contributed by atoms with Crippen LogP contribution >= 0.6 is 11.3 Å². The highest BCUT2D eigenvalue weighted by Crippen LogP contribution is 2.28. The monoisotopic (exact) mass is 581 g/mol. The topological polar surface area (TPSA) is 152 Å². The van der Waals surface area contributed by atoms with Crippen LogP contribution in [0.5, 0.6) is 0 Å². The second-order valence-electron chi connectivity index (χ2n) is 10.3. The van der Waals surface area contributed by atoms with Crippen LogP contribution in [0.4, 0.5) is 10.8 Å². The maximum absolute atomic E-state index is 13.8. The van der Waals surface area contributed by atoms with E-state index in [1.165, 1.54) is 21.7 Å². The van der Waals surface area contributed by atoms with E-state index in [1.807, 2.05) is 51.1 Å². The van der Waals surface area contributed by atoms with Crippen molar-refractivity contribution in [3.8, 4) is 0 Å². The van der Waals surface area contributed by atoms with E-state index in [4.69, 9.17) is 11.5 Å². The van der Waals surface area contributed by atoms with Crippen molar-refractivity contribution >= 4 is 48.3 Å². The predicted molar refractivity (Wildman–Crippen MR) is 161 cm³/mol. The lowest BCUT2D eigenvalue weighted by Gasteiger charge is -2.31. The minimum absolute atomic E-state index is 0.0122. The molecule has 0 saturated carbocycles. The van der Waals surface area contributed by atoms with Gasteiger partial charge in [-0.2, -0.15) is 4.31 Å². The number of hydrogen-bond donors (Lipinski definition) is 4. The third-order valence-corrected chi connectivity index (χ3v) is 9.23. The smallest absolute Gasteiger partial charge is 0.251 e. The first kappa shape index (κ1) is 29.5. The fourth-order valence-electron chi connectivity index (χ4n) is 4.53. The number of aliphatic hydroxyl groups is 1. The summed E-state index contributed by atoms with van der Waals surface area (Å²) in [7, 11) is -3.99. The summed E-state index contributed by atoms with van der Waals surface area (Å²) in [5.74, 6) is -0.404. The normalized spacial score (nSPS) is 13.6. The predicted octanol–water partition coefficient (Wildman–Crippen LogP) is 3.82. The number of nitrogen functional groups attached to an aromatic ring is 2. The number of benzene rings is 3. The zero-order valence-electron chi connectivity index (χ0n) is 22.7. The number of anilines is 2. The summed E-state index contributed by atoms with van der Waals surface area (Å²) >= 11 is 1.21. The van der Waals surface area contributed by atoms with E-state index in [-0.39, 0.29) is 23.9 Å². The summed E-state index contributed by atoms with van der Waals surface area (Å²) in [6.07, 6.45) is -0.904. The molecule has 1 heterocycles. The van der Waals surface area contributed by atoms with Gasteiger partial charge in [-0.15, -0.1) is 0 Å². The third-order valence-electron chi connectivity index (χ3n) is 6.56. The molecule has 0 aliphatic heterocycles. The van der Waals surface area contributed by atoms with E-state index in [0.717, 1.165) is 11.1 Å². The quantitative estimate of drug-likeness (QED) is 0.197. The Balaban J connectivity index is 1.64. The molecule has 1 amide bonds. The summed E-state index contributed by atoms with van der Waals surface area (Å²) in [6, 6.07) is 18.4. The number of hydrogen-bond acceptors (Lipinski definition) is 8. The van der Waals surface area contributed by atoms with Gasteiger partial charge >= 0.3 is 0 Å². The number of aromatic nitrogens is 1. The summed E-state index contributed by atoms with van der Waals surface area (Å²) in [4.78, 5) is 17.6. The Morgan fingerprint density at radius 3 is 2.48 bits per heavy atom. The fraction of sp³-hybridized carbons (Fsp3) is 0.310. The SMILES string of the molecule is Cc1ccc(N)cc1C(=O)N[C@@H](Cc1ccccc1)[C@H](O)CN(CC(C)C)S(=O)(=O)c1ccc2nc(N)sc2c1. The highest BCUT2D eigenvalue weighted by Gasteiger charge is 2.32. The molecule has 0 aliphatic carbocycles. The molecule has 6 N–H and O–H groups in total. The van der Waals surface area contributed by atoms with Crippen molar-refractivity contribution in [2.45, 2.75) is 44.2 Å². The first-order valence-corrected chi connectivity index (χ1v) is 15.2. The van der Waals surface area contributed by atoms with Gasteiger partial charge in [-0.3, -0.25) is 4.79 Å². The highest BCUT2D eigenvalue weighted by molar-refractivity contribution is 7.89. The van der Waals surface area contributed by atoms with Crippen LogP contribution in [0, 0.1) is 12.8 Å². The van der Waals surface area contributed by atoms with E-state index in [1.54, 1.807) is 30.3 Å². The lowest BCUT2D eigenvalue weighted by atomic mass is 9.99. The lowest BCUT2D eigenvalue weighted by Crippen LogP contribution is -2.51. The van der Waals surface area contributed by atoms with Crippen molar-refractivity contribution < 1.29 is 18.3 Å². The van der Waals surface area contributed by atoms with Crippen LogP contribution in [-0.4, -0.2) is 54.0 Å².